The van der Waals surface area contributed by atoms with Gasteiger partial charge >= 0.3 is 5.97 Å². The molecule has 1 N–H and O–H groups in total. The highest BCUT2D eigenvalue weighted by Gasteiger charge is 2.10. The number of carbonyl (C=O) groups is 1. The number of hydrogen-bond acceptors (Lipinski definition) is 1. The highest BCUT2D eigenvalue weighted by atomic mass is 127. The van der Waals surface area contributed by atoms with Gasteiger partial charge in [-0.05, 0) is 44.9 Å². The lowest BCUT2D eigenvalue weighted by Crippen LogP contribution is -2.11. The highest BCUT2D eigenvalue weighted by Crippen LogP contribution is 2.09. The van der Waals surface area contributed by atoms with E-state index in [2.05, 4.69) is 55.5 Å². The fourth-order valence-corrected chi connectivity index (χ4v) is 2.29. The second-order valence-electron chi connectivity index (χ2n) is 5.47. The Kier molecular flexibility index (Phi) is 16.9. The Morgan fingerprint density at radius 3 is 1.83 bits per heavy atom. The quantitative estimate of drug-likeness (QED) is 0.145. The Bertz CT molecular complexity index is 394. The summed E-state index contributed by atoms with van der Waals surface area (Å²) in [5.41, 5.74) is 0. The van der Waals surface area contributed by atoms with Crippen molar-refractivity contribution in [3.05, 3.63) is 48.6 Å². The molecular weight excluding hydrogens is 399 g/mol. The molecule has 0 saturated heterocycles. The van der Waals surface area contributed by atoms with Crippen LogP contribution in [0, 0.1) is 0 Å². The molecule has 0 aromatic rings. The average molecular weight is 430 g/mol. The molecule has 23 heavy (non-hydrogen) atoms. The number of allylic oxidation sites excluding steroid dienone is 8. The second-order valence-corrected chi connectivity index (χ2v) is 6.98. The van der Waals surface area contributed by atoms with Gasteiger partial charge in [0.25, 0.3) is 0 Å². The molecule has 0 bridgehead atoms. The molecule has 130 valence electrons. The summed E-state index contributed by atoms with van der Waals surface area (Å²) in [6.45, 7) is 2.23. The van der Waals surface area contributed by atoms with Crippen LogP contribution in [-0.4, -0.2) is 15.0 Å². The van der Waals surface area contributed by atoms with Crippen molar-refractivity contribution in [1.29, 1.82) is 0 Å². The molecule has 0 aromatic heterocycles. The van der Waals surface area contributed by atoms with E-state index in [-0.39, 0.29) is 3.92 Å². The van der Waals surface area contributed by atoms with E-state index >= 15 is 0 Å². The minimum Gasteiger partial charge on any atom is -0.480 e. The Morgan fingerprint density at radius 2 is 1.35 bits per heavy atom. The molecule has 0 aliphatic heterocycles. The summed E-state index contributed by atoms with van der Waals surface area (Å²) in [7, 11) is 0. The van der Waals surface area contributed by atoms with Crippen LogP contribution >= 0.6 is 22.6 Å². The summed E-state index contributed by atoms with van der Waals surface area (Å²) >= 11 is 1.97. The van der Waals surface area contributed by atoms with Crippen molar-refractivity contribution in [2.24, 2.45) is 0 Å². The van der Waals surface area contributed by atoms with Crippen molar-refractivity contribution in [3.63, 3.8) is 0 Å². The van der Waals surface area contributed by atoms with Gasteiger partial charge in [-0.2, -0.15) is 0 Å². The molecule has 0 aliphatic rings. The molecule has 1 atom stereocenters. The van der Waals surface area contributed by atoms with Crippen molar-refractivity contribution in [2.45, 2.75) is 68.6 Å². The summed E-state index contributed by atoms with van der Waals surface area (Å²) < 4.78 is -0.279. The van der Waals surface area contributed by atoms with Crippen molar-refractivity contribution in [1.82, 2.24) is 0 Å². The molecule has 0 saturated carbocycles. The van der Waals surface area contributed by atoms with Crippen LogP contribution in [0.25, 0.3) is 0 Å². The third kappa shape index (κ3) is 17.3. The van der Waals surface area contributed by atoms with Gasteiger partial charge in [0.1, 0.15) is 3.92 Å². The van der Waals surface area contributed by atoms with E-state index in [9.17, 15) is 4.79 Å². The Balaban J connectivity index is 3.49. The predicted octanol–water partition coefficient (Wildman–Crippen LogP) is 6.63. The van der Waals surface area contributed by atoms with E-state index in [1.54, 1.807) is 0 Å². The Morgan fingerprint density at radius 1 is 0.870 bits per heavy atom. The number of carboxylic acid groups (broad SMARTS) is 1. The van der Waals surface area contributed by atoms with Gasteiger partial charge in [-0.25, -0.2) is 0 Å². The van der Waals surface area contributed by atoms with Crippen LogP contribution in [0.2, 0.25) is 0 Å². The Labute approximate surface area is 155 Å². The molecule has 0 aliphatic carbocycles. The van der Waals surface area contributed by atoms with Gasteiger partial charge < -0.3 is 5.11 Å². The molecule has 1 unspecified atom stereocenters. The standard InChI is InChI=1S/C20H31IO2/c1-2-3-4-5-6-7-8-9-10-11-12-13-14-15-16-17-18-19(21)20(22)23/h6-7,9-10,12-13,15-16,19H,2-5,8,11,14,17-18H2,1H3,(H,22,23)/b7-6-,10-9-,13-12-,16-15-. The lowest BCUT2D eigenvalue weighted by molar-refractivity contribution is -0.136. The van der Waals surface area contributed by atoms with E-state index in [1.165, 1.54) is 25.7 Å². The molecule has 3 heteroatoms. The first-order chi connectivity index (χ1) is 11.2. The maximum Gasteiger partial charge on any atom is 0.316 e. The number of alkyl halides is 1. The van der Waals surface area contributed by atoms with Gasteiger partial charge in [0.15, 0.2) is 0 Å². The first-order valence-corrected chi connectivity index (χ1v) is 9.89. The third-order valence-electron chi connectivity index (χ3n) is 3.31. The Hall–Kier alpha value is -0.840. The summed E-state index contributed by atoms with van der Waals surface area (Å²) in [6, 6.07) is 0. The van der Waals surface area contributed by atoms with Gasteiger partial charge in [0.2, 0.25) is 0 Å². The van der Waals surface area contributed by atoms with Crippen molar-refractivity contribution >= 4 is 28.6 Å². The zero-order valence-corrected chi connectivity index (χ0v) is 16.5. The summed E-state index contributed by atoms with van der Waals surface area (Å²) in [5.74, 6) is -0.721. The average Bonchev–Trinajstić information content (AvgIpc) is 2.54. The van der Waals surface area contributed by atoms with Crippen LogP contribution in [0.4, 0.5) is 0 Å². The van der Waals surface area contributed by atoms with Crippen LogP contribution < -0.4 is 0 Å². The first kappa shape index (κ1) is 22.2. The van der Waals surface area contributed by atoms with Crippen molar-refractivity contribution < 1.29 is 9.90 Å². The number of aliphatic carboxylic acids is 1. The molecule has 0 fully saturated rings. The van der Waals surface area contributed by atoms with Crippen LogP contribution in [0.15, 0.2) is 48.6 Å². The smallest absolute Gasteiger partial charge is 0.316 e. The first-order valence-electron chi connectivity index (χ1n) is 8.65. The highest BCUT2D eigenvalue weighted by molar-refractivity contribution is 14.1. The summed E-state index contributed by atoms with van der Waals surface area (Å²) in [5, 5.41) is 8.75. The normalized spacial score (nSPS) is 13.8. The summed E-state index contributed by atoms with van der Waals surface area (Å²) in [6.07, 6.45) is 27.0. The van der Waals surface area contributed by atoms with E-state index in [0.717, 1.165) is 25.7 Å². The van der Waals surface area contributed by atoms with Crippen LogP contribution in [0.5, 0.6) is 0 Å². The number of halogens is 1. The van der Waals surface area contributed by atoms with Gasteiger partial charge in [0.05, 0.1) is 0 Å². The monoisotopic (exact) mass is 430 g/mol. The SMILES string of the molecule is CCCCC/C=C\C/C=C\C/C=C\C/C=C\CCC(I)C(=O)O. The minimum atomic E-state index is -0.721. The molecule has 0 rings (SSSR count). The molecule has 0 amide bonds. The van der Waals surface area contributed by atoms with E-state index < -0.39 is 5.97 Å². The van der Waals surface area contributed by atoms with E-state index in [0.29, 0.717) is 6.42 Å². The zero-order chi connectivity index (χ0) is 17.2. The van der Waals surface area contributed by atoms with Crippen molar-refractivity contribution in [2.75, 3.05) is 0 Å². The largest absolute Gasteiger partial charge is 0.480 e. The van der Waals surface area contributed by atoms with Crippen LogP contribution in [-0.2, 0) is 4.79 Å². The molecule has 0 spiro atoms. The summed E-state index contributed by atoms with van der Waals surface area (Å²) in [4.78, 5) is 10.6. The van der Waals surface area contributed by atoms with E-state index in [4.69, 9.17) is 5.11 Å². The van der Waals surface area contributed by atoms with Crippen molar-refractivity contribution in [3.8, 4) is 0 Å². The van der Waals surface area contributed by atoms with Gasteiger partial charge in [-0.3, -0.25) is 4.79 Å². The topological polar surface area (TPSA) is 37.3 Å². The maximum absolute atomic E-state index is 10.6. The fourth-order valence-electron chi connectivity index (χ4n) is 1.93. The van der Waals surface area contributed by atoms with E-state index in [1.807, 2.05) is 22.6 Å². The lowest BCUT2D eigenvalue weighted by Gasteiger charge is -1.99. The van der Waals surface area contributed by atoms with Gasteiger partial charge in [-0.15, -0.1) is 0 Å². The number of hydrogen-bond donors (Lipinski definition) is 1. The van der Waals surface area contributed by atoms with Gasteiger partial charge in [0, 0.05) is 0 Å². The fraction of sp³-hybridized carbons (Fsp3) is 0.550. The molecule has 0 radical (unpaired) electrons. The molecular formula is C20H31IO2. The molecule has 2 nitrogen and oxygen atoms in total. The molecule has 0 heterocycles. The third-order valence-corrected chi connectivity index (χ3v) is 4.47. The number of rotatable bonds is 14. The van der Waals surface area contributed by atoms with Crippen LogP contribution in [0.1, 0.15) is 64.7 Å². The lowest BCUT2D eigenvalue weighted by atomic mass is 10.2. The number of carboxylic acids is 1. The number of unbranched alkanes of at least 4 members (excludes halogenated alkanes) is 3. The second kappa shape index (κ2) is 17.5. The van der Waals surface area contributed by atoms with Crippen LogP contribution in [0.3, 0.4) is 0 Å². The zero-order valence-electron chi connectivity index (χ0n) is 14.3. The predicted molar refractivity (Wildman–Crippen MR) is 109 cm³/mol. The maximum atomic E-state index is 10.6. The van der Waals surface area contributed by atoms with Gasteiger partial charge in [-0.1, -0.05) is 91.0 Å². The molecule has 0 aromatic carbocycles. The minimum absolute atomic E-state index is 0.279.